The van der Waals surface area contributed by atoms with Crippen LogP contribution in [0.15, 0.2) is 54.1 Å². The smallest absolute Gasteiger partial charge is 0.306 e. The monoisotopic (exact) mass is 593 g/mol. The van der Waals surface area contributed by atoms with Gasteiger partial charge in [0.1, 0.15) is 0 Å². The van der Waals surface area contributed by atoms with Gasteiger partial charge in [0.25, 0.3) is 0 Å². The van der Waals surface area contributed by atoms with Crippen molar-refractivity contribution in [2.24, 2.45) is 34.5 Å². The van der Waals surface area contributed by atoms with Gasteiger partial charge in [0.05, 0.1) is 12.2 Å². The van der Waals surface area contributed by atoms with Crippen molar-refractivity contribution in [2.75, 3.05) is 26.7 Å². The Kier molecular flexibility index (Phi) is 7.69. The lowest BCUT2D eigenvalue weighted by molar-refractivity contribution is -0.186. The summed E-state index contributed by atoms with van der Waals surface area (Å²) < 4.78 is 5.49. The van der Waals surface area contributed by atoms with Crippen LogP contribution in [-0.4, -0.2) is 48.3 Å². The van der Waals surface area contributed by atoms with Crippen LogP contribution in [0.5, 0.6) is 0 Å². The highest BCUT2D eigenvalue weighted by Crippen LogP contribution is 2.67. The van der Waals surface area contributed by atoms with E-state index in [1.165, 1.54) is 66.4 Å². The average molecular weight is 594 g/mol. The first-order chi connectivity index (χ1) is 21.1. The van der Waals surface area contributed by atoms with Gasteiger partial charge in [-0.05, 0) is 122 Å². The van der Waals surface area contributed by atoms with E-state index in [0.717, 1.165) is 25.9 Å². The van der Waals surface area contributed by atoms with Crippen LogP contribution in [0.1, 0.15) is 101 Å². The first kappa shape index (κ1) is 30.0. The number of cyclic esters (lactones) is 1. The van der Waals surface area contributed by atoms with Crippen molar-refractivity contribution in [1.29, 1.82) is 0 Å². The fraction of sp³-hybridized carbons (Fsp3) is 0.575. The number of aliphatic hydroxyl groups is 1. The molecular formula is C40H51NO3. The molecule has 6 aliphatic rings. The zero-order valence-electron chi connectivity index (χ0n) is 27.3. The quantitative estimate of drug-likeness (QED) is 0.267. The van der Waals surface area contributed by atoms with E-state index < -0.39 is 5.60 Å². The van der Waals surface area contributed by atoms with Gasteiger partial charge >= 0.3 is 5.97 Å². The van der Waals surface area contributed by atoms with Gasteiger partial charge in [-0.25, -0.2) is 0 Å². The molecule has 4 heteroatoms. The summed E-state index contributed by atoms with van der Waals surface area (Å²) in [6, 6.07) is 17.6. The first-order valence-corrected chi connectivity index (χ1v) is 17.3. The zero-order chi connectivity index (χ0) is 30.7. The molecule has 7 atom stereocenters. The number of carbonyl (C=O) groups excluding carboxylic acids is 1. The van der Waals surface area contributed by atoms with Gasteiger partial charge in [-0.2, -0.15) is 0 Å². The molecular weight excluding hydrogens is 542 g/mol. The molecule has 4 nitrogen and oxygen atoms in total. The molecule has 2 aliphatic heterocycles. The number of hydrogen-bond donors (Lipinski definition) is 1. The zero-order valence-corrected chi connectivity index (χ0v) is 27.3. The van der Waals surface area contributed by atoms with Crippen LogP contribution >= 0.6 is 0 Å². The molecule has 2 aromatic rings. The van der Waals surface area contributed by atoms with Crippen LogP contribution in [0.3, 0.4) is 0 Å². The molecule has 4 aliphatic carbocycles. The van der Waals surface area contributed by atoms with Crippen LogP contribution in [0, 0.1) is 34.5 Å². The second kappa shape index (κ2) is 11.3. The molecule has 8 rings (SSSR count). The van der Waals surface area contributed by atoms with Gasteiger partial charge in [-0.1, -0.05) is 80.1 Å². The molecule has 0 spiro atoms. The van der Waals surface area contributed by atoms with Crippen molar-refractivity contribution in [3.8, 4) is 0 Å². The van der Waals surface area contributed by atoms with E-state index in [0.29, 0.717) is 36.7 Å². The number of nitrogens with zero attached hydrogens (tertiary/aromatic N) is 1. The molecule has 1 N–H and O–H groups in total. The molecule has 2 heterocycles. The van der Waals surface area contributed by atoms with Gasteiger partial charge < -0.3 is 14.7 Å². The van der Waals surface area contributed by atoms with Crippen LogP contribution < -0.4 is 0 Å². The highest BCUT2D eigenvalue weighted by Gasteiger charge is 2.63. The van der Waals surface area contributed by atoms with E-state index in [-0.39, 0.29) is 16.8 Å². The number of carbonyl (C=O) groups is 1. The van der Waals surface area contributed by atoms with Crippen molar-refractivity contribution in [2.45, 2.75) is 84.2 Å². The van der Waals surface area contributed by atoms with Gasteiger partial charge in [0, 0.05) is 24.9 Å². The highest BCUT2D eigenvalue weighted by atomic mass is 16.5. The fourth-order valence-electron chi connectivity index (χ4n) is 10.4. The summed E-state index contributed by atoms with van der Waals surface area (Å²) in [5.41, 5.74) is 8.30. The predicted octanol–water partition coefficient (Wildman–Crippen LogP) is 8.24. The third-order valence-electron chi connectivity index (χ3n) is 13.4. The first-order valence-electron chi connectivity index (χ1n) is 17.3. The molecule has 44 heavy (non-hydrogen) atoms. The van der Waals surface area contributed by atoms with Crippen molar-refractivity contribution >= 4 is 23.7 Å². The largest absolute Gasteiger partial charge is 0.465 e. The maximum absolute atomic E-state index is 11.7. The van der Waals surface area contributed by atoms with Crippen LogP contribution in [-0.2, 0) is 9.53 Å². The van der Waals surface area contributed by atoms with E-state index in [2.05, 4.69) is 93.4 Å². The lowest BCUT2D eigenvalue weighted by Gasteiger charge is -2.60. The maximum Gasteiger partial charge on any atom is 0.306 e. The van der Waals surface area contributed by atoms with Gasteiger partial charge in [-0.15, -0.1) is 0 Å². The standard InChI is InChI=1S/C21H21N.C19H30O3/c1-22-14-12-18(13-15-22)21-19-8-4-2-6-16(19)10-11-17-7-3-5-9-20(17)21;1-17-11-22-16(20)10-12(17)4-5-13-14(17)6-8-18(2)15(13)7-9-19(18,3)21/h2-11H,12-15H2,1H3;12-15,21H,4-11H2,1-3H3/t;12-,13+,14-,15-,17-,18-,19-/m.0/s1. The summed E-state index contributed by atoms with van der Waals surface area (Å²) in [5.74, 6) is 2.56. The highest BCUT2D eigenvalue weighted by molar-refractivity contribution is 5.94. The minimum atomic E-state index is -0.501. The Morgan fingerprint density at radius 2 is 1.43 bits per heavy atom. The normalized spacial score (nSPS) is 37.7. The molecule has 5 fully saturated rings. The van der Waals surface area contributed by atoms with Crippen LogP contribution in [0.4, 0.5) is 0 Å². The van der Waals surface area contributed by atoms with Gasteiger partial charge in [0.2, 0.25) is 0 Å². The molecule has 0 unspecified atom stereocenters. The second-order valence-electron chi connectivity index (χ2n) is 15.6. The SMILES string of the molecule is CN1CCC(=C2c3ccccc3C=Cc3ccccc32)CC1.C[C@]12COC(=O)C[C@@H]1CC[C@@H]1[C@@H]2CC[C@@]2(C)[C@H]1CC[C@]2(C)O. The Labute approximate surface area is 264 Å². The number of likely N-dealkylation sites (tertiary alicyclic amines) is 1. The number of hydrogen-bond acceptors (Lipinski definition) is 4. The van der Waals surface area contributed by atoms with Crippen molar-refractivity contribution in [3.63, 3.8) is 0 Å². The number of benzene rings is 2. The van der Waals surface area contributed by atoms with Crippen molar-refractivity contribution in [1.82, 2.24) is 4.90 Å². The lowest BCUT2D eigenvalue weighted by Crippen LogP contribution is -2.57. The molecule has 0 aromatic heterocycles. The molecule has 3 saturated carbocycles. The summed E-state index contributed by atoms with van der Waals surface area (Å²) in [4.78, 5) is 14.1. The Bertz CT molecular complexity index is 1430. The van der Waals surface area contributed by atoms with E-state index in [4.69, 9.17) is 4.74 Å². The third kappa shape index (κ3) is 4.92. The molecule has 2 saturated heterocycles. The van der Waals surface area contributed by atoms with Gasteiger partial charge in [0.15, 0.2) is 0 Å². The summed E-state index contributed by atoms with van der Waals surface area (Å²) in [7, 11) is 2.22. The van der Waals surface area contributed by atoms with Gasteiger partial charge in [-0.3, -0.25) is 4.79 Å². The topological polar surface area (TPSA) is 49.8 Å². The van der Waals surface area contributed by atoms with E-state index in [9.17, 15) is 9.90 Å². The fourth-order valence-corrected chi connectivity index (χ4v) is 10.4. The summed E-state index contributed by atoms with van der Waals surface area (Å²) in [6.07, 6.45) is 14.4. The summed E-state index contributed by atoms with van der Waals surface area (Å²) in [6.45, 7) is 9.71. The summed E-state index contributed by atoms with van der Waals surface area (Å²) >= 11 is 0. The number of rotatable bonds is 0. The van der Waals surface area contributed by atoms with Crippen LogP contribution in [0.25, 0.3) is 17.7 Å². The van der Waals surface area contributed by atoms with Crippen molar-refractivity contribution in [3.05, 3.63) is 76.4 Å². The molecule has 234 valence electrons. The number of ether oxygens (including phenoxy) is 1. The van der Waals surface area contributed by atoms with Crippen molar-refractivity contribution < 1.29 is 14.6 Å². The molecule has 2 aromatic carbocycles. The molecule has 0 amide bonds. The number of piperidine rings is 1. The number of esters is 1. The Balaban J connectivity index is 0.000000142. The maximum atomic E-state index is 11.7. The Morgan fingerprint density at radius 1 is 0.818 bits per heavy atom. The summed E-state index contributed by atoms with van der Waals surface area (Å²) in [5, 5.41) is 10.9. The van der Waals surface area contributed by atoms with E-state index >= 15 is 0 Å². The Morgan fingerprint density at radius 3 is 2.09 bits per heavy atom. The van der Waals surface area contributed by atoms with Crippen LogP contribution in [0.2, 0.25) is 0 Å². The molecule has 0 bridgehead atoms. The Hall–Kier alpha value is -2.69. The van der Waals surface area contributed by atoms with E-state index in [1.54, 1.807) is 5.57 Å². The molecule has 0 radical (unpaired) electrons. The second-order valence-corrected chi connectivity index (χ2v) is 15.6. The average Bonchev–Trinajstić information content (AvgIpc) is 3.16. The number of fused-ring (bicyclic) bond motifs is 7. The minimum absolute atomic E-state index is 0.00497. The predicted molar refractivity (Wildman–Crippen MR) is 179 cm³/mol. The lowest BCUT2D eigenvalue weighted by atomic mass is 9.46. The van der Waals surface area contributed by atoms with E-state index in [1.807, 2.05) is 0 Å². The third-order valence-corrected chi connectivity index (χ3v) is 13.4. The minimum Gasteiger partial charge on any atom is -0.465 e.